The summed E-state index contributed by atoms with van der Waals surface area (Å²) in [4.78, 5) is 8.78. The van der Waals surface area contributed by atoms with Crippen molar-refractivity contribution in [2.45, 2.75) is 31.7 Å². The summed E-state index contributed by atoms with van der Waals surface area (Å²) >= 11 is 1.67. The van der Waals surface area contributed by atoms with Crippen LogP contribution >= 0.6 is 11.8 Å². The summed E-state index contributed by atoms with van der Waals surface area (Å²) in [5, 5.41) is 0.980. The van der Waals surface area contributed by atoms with E-state index in [1.807, 2.05) is 6.92 Å². The van der Waals surface area contributed by atoms with Gasteiger partial charge < -0.3 is 10.5 Å². The van der Waals surface area contributed by atoms with Crippen LogP contribution in [0.1, 0.15) is 24.7 Å². The molecule has 0 bridgehead atoms. The Kier molecular flexibility index (Phi) is 5.55. The van der Waals surface area contributed by atoms with E-state index in [4.69, 9.17) is 10.5 Å². The zero-order chi connectivity index (χ0) is 12.0. The Morgan fingerprint density at radius 1 is 1.38 bits per heavy atom. The normalized spacial score (nSPS) is 10.7. The zero-order valence-corrected chi connectivity index (χ0v) is 10.9. The molecule has 1 aromatic heterocycles. The van der Waals surface area contributed by atoms with Crippen LogP contribution in [-0.2, 0) is 11.2 Å². The van der Waals surface area contributed by atoms with E-state index in [1.165, 1.54) is 0 Å². The third-order valence-corrected chi connectivity index (χ3v) is 3.23. The highest BCUT2D eigenvalue weighted by Crippen LogP contribution is 2.23. The number of nitrogens with zero attached hydrogens (tertiary/aromatic N) is 2. The zero-order valence-electron chi connectivity index (χ0n) is 10.1. The van der Waals surface area contributed by atoms with Gasteiger partial charge in [-0.3, -0.25) is 0 Å². The minimum atomic E-state index is 0.596. The first-order valence-electron chi connectivity index (χ1n) is 5.43. The fraction of sp³-hybridized carbons (Fsp3) is 0.636. The number of hydrogen-bond acceptors (Lipinski definition) is 5. The molecular formula is C11H19N3OS. The molecule has 0 unspecified atom stereocenters. The van der Waals surface area contributed by atoms with Gasteiger partial charge in [0.2, 0.25) is 0 Å². The van der Waals surface area contributed by atoms with Crippen LogP contribution in [-0.4, -0.2) is 29.4 Å². The Bertz CT molecular complexity index is 344. The Balaban J connectivity index is 2.79. The van der Waals surface area contributed by atoms with Crippen LogP contribution in [0.4, 0.5) is 5.82 Å². The van der Waals surface area contributed by atoms with Gasteiger partial charge in [-0.1, -0.05) is 6.92 Å². The summed E-state index contributed by atoms with van der Waals surface area (Å²) in [5.74, 6) is 2.32. The van der Waals surface area contributed by atoms with Gasteiger partial charge in [-0.15, -0.1) is 11.8 Å². The largest absolute Gasteiger partial charge is 0.384 e. The molecule has 0 fully saturated rings. The molecule has 0 saturated heterocycles. The maximum atomic E-state index is 5.86. The van der Waals surface area contributed by atoms with Crippen molar-refractivity contribution in [3.05, 3.63) is 11.4 Å². The predicted molar refractivity (Wildman–Crippen MR) is 67.8 cm³/mol. The van der Waals surface area contributed by atoms with E-state index in [1.54, 1.807) is 18.9 Å². The fourth-order valence-electron chi connectivity index (χ4n) is 1.26. The highest BCUT2D eigenvalue weighted by molar-refractivity contribution is 7.99. The summed E-state index contributed by atoms with van der Waals surface area (Å²) in [5.41, 5.74) is 6.83. The molecule has 4 nitrogen and oxygen atoms in total. The van der Waals surface area contributed by atoms with Crippen molar-refractivity contribution < 1.29 is 4.74 Å². The number of rotatable bonds is 6. The van der Waals surface area contributed by atoms with Crippen molar-refractivity contribution in [2.75, 3.05) is 25.2 Å². The van der Waals surface area contributed by atoms with Gasteiger partial charge >= 0.3 is 0 Å². The highest BCUT2D eigenvalue weighted by Gasteiger charge is 2.08. The predicted octanol–water partition coefficient (Wildman–Crippen LogP) is 2.06. The third kappa shape index (κ3) is 3.64. The second kappa shape index (κ2) is 6.70. The Morgan fingerprint density at radius 2 is 2.12 bits per heavy atom. The van der Waals surface area contributed by atoms with Crippen LogP contribution in [0.2, 0.25) is 0 Å². The number of nitrogens with two attached hydrogens (primary N) is 1. The van der Waals surface area contributed by atoms with Crippen LogP contribution in [0.25, 0.3) is 0 Å². The van der Waals surface area contributed by atoms with Gasteiger partial charge in [0.1, 0.15) is 16.7 Å². The second-order valence-electron chi connectivity index (χ2n) is 3.55. The molecule has 5 heteroatoms. The van der Waals surface area contributed by atoms with E-state index >= 15 is 0 Å². The standard InChI is InChI=1S/C11H19N3OS/c1-4-5-9-13-10(12)8(2)11(14-9)16-7-6-15-3/h4-7H2,1-3H3,(H2,12,13,14). The molecule has 2 N–H and O–H groups in total. The van der Waals surface area contributed by atoms with Crippen molar-refractivity contribution in [2.24, 2.45) is 0 Å². The van der Waals surface area contributed by atoms with Gasteiger partial charge in [-0.2, -0.15) is 0 Å². The van der Waals surface area contributed by atoms with Gasteiger partial charge in [0, 0.05) is 24.8 Å². The molecule has 0 radical (unpaired) electrons. The van der Waals surface area contributed by atoms with Crippen LogP contribution in [0.15, 0.2) is 5.03 Å². The number of thioether (sulfide) groups is 1. The quantitative estimate of drug-likeness (QED) is 0.469. The van der Waals surface area contributed by atoms with E-state index in [0.29, 0.717) is 5.82 Å². The summed E-state index contributed by atoms with van der Waals surface area (Å²) in [6, 6.07) is 0. The van der Waals surface area contributed by atoms with Crippen LogP contribution in [0.3, 0.4) is 0 Å². The highest BCUT2D eigenvalue weighted by atomic mass is 32.2. The topological polar surface area (TPSA) is 61.0 Å². The molecule has 0 atom stereocenters. The maximum Gasteiger partial charge on any atom is 0.132 e. The summed E-state index contributed by atoms with van der Waals surface area (Å²) in [6.45, 7) is 4.79. The number of aryl methyl sites for hydroxylation is 1. The van der Waals surface area contributed by atoms with Gasteiger partial charge in [-0.05, 0) is 13.3 Å². The minimum absolute atomic E-state index is 0.596. The number of aromatic nitrogens is 2. The smallest absolute Gasteiger partial charge is 0.132 e. The molecule has 1 aromatic rings. The lowest BCUT2D eigenvalue weighted by Crippen LogP contribution is -2.05. The van der Waals surface area contributed by atoms with Gasteiger partial charge in [0.25, 0.3) is 0 Å². The minimum Gasteiger partial charge on any atom is -0.384 e. The average molecular weight is 241 g/mol. The second-order valence-corrected chi connectivity index (χ2v) is 4.63. The van der Waals surface area contributed by atoms with Crippen LogP contribution in [0, 0.1) is 6.92 Å². The van der Waals surface area contributed by atoms with Crippen molar-refractivity contribution in [3.63, 3.8) is 0 Å². The number of methoxy groups -OCH3 is 1. The van der Waals surface area contributed by atoms with E-state index in [-0.39, 0.29) is 0 Å². The molecule has 0 amide bonds. The number of ether oxygens (including phenoxy) is 1. The number of nitrogen functional groups attached to an aromatic ring is 1. The third-order valence-electron chi connectivity index (χ3n) is 2.18. The monoisotopic (exact) mass is 241 g/mol. The van der Waals surface area contributed by atoms with Crippen molar-refractivity contribution in [1.29, 1.82) is 0 Å². The Labute approximate surface area is 101 Å². The molecule has 0 aromatic carbocycles. The molecule has 1 rings (SSSR count). The molecule has 16 heavy (non-hydrogen) atoms. The van der Waals surface area contributed by atoms with Crippen molar-refractivity contribution in [3.8, 4) is 0 Å². The van der Waals surface area contributed by atoms with E-state index in [0.717, 1.165) is 41.6 Å². The van der Waals surface area contributed by atoms with E-state index < -0.39 is 0 Å². The molecule has 0 saturated carbocycles. The van der Waals surface area contributed by atoms with E-state index in [2.05, 4.69) is 16.9 Å². The summed E-state index contributed by atoms with van der Waals surface area (Å²) < 4.78 is 5.02. The number of anilines is 1. The molecule has 0 spiro atoms. The lowest BCUT2D eigenvalue weighted by atomic mass is 10.3. The first-order chi connectivity index (χ1) is 7.69. The van der Waals surface area contributed by atoms with Gasteiger partial charge in [0.05, 0.1) is 6.61 Å². The lowest BCUT2D eigenvalue weighted by molar-refractivity contribution is 0.218. The first kappa shape index (κ1) is 13.3. The summed E-state index contributed by atoms with van der Waals surface area (Å²) in [7, 11) is 1.70. The molecule has 0 aliphatic rings. The average Bonchev–Trinajstić information content (AvgIpc) is 2.25. The van der Waals surface area contributed by atoms with Crippen LogP contribution < -0.4 is 5.73 Å². The van der Waals surface area contributed by atoms with Crippen molar-refractivity contribution >= 4 is 17.6 Å². The molecule has 90 valence electrons. The SMILES string of the molecule is CCCc1nc(N)c(C)c(SCCOC)n1. The van der Waals surface area contributed by atoms with Crippen LogP contribution in [0.5, 0.6) is 0 Å². The van der Waals surface area contributed by atoms with Gasteiger partial charge in [-0.25, -0.2) is 9.97 Å². The Hall–Kier alpha value is -0.810. The Morgan fingerprint density at radius 3 is 2.75 bits per heavy atom. The first-order valence-corrected chi connectivity index (χ1v) is 6.42. The number of hydrogen-bond donors (Lipinski definition) is 1. The molecule has 0 aliphatic heterocycles. The fourth-order valence-corrected chi connectivity index (χ4v) is 2.19. The van der Waals surface area contributed by atoms with Crippen molar-refractivity contribution in [1.82, 2.24) is 9.97 Å². The molecule has 0 aliphatic carbocycles. The molecular weight excluding hydrogens is 222 g/mol. The maximum absolute atomic E-state index is 5.86. The van der Waals surface area contributed by atoms with E-state index in [9.17, 15) is 0 Å². The summed E-state index contributed by atoms with van der Waals surface area (Å²) in [6.07, 6.45) is 1.91. The van der Waals surface area contributed by atoms with Gasteiger partial charge in [0.15, 0.2) is 0 Å². The molecule has 1 heterocycles. The lowest BCUT2D eigenvalue weighted by Gasteiger charge is -2.08.